The monoisotopic (exact) mass is 302 g/mol. The van der Waals surface area contributed by atoms with Crippen molar-refractivity contribution < 1.29 is 9.59 Å². The van der Waals surface area contributed by atoms with Gasteiger partial charge in [-0.05, 0) is 50.8 Å². The number of carbonyl (C=O) groups excluding carboxylic acids is 2. The molecule has 6 heteroatoms. The molecule has 2 aliphatic rings. The number of Topliss-reactive ketones (excluding diaryl/α,β-unsaturated/α-hetero) is 1. The maximum Gasteiger partial charge on any atom is 0.315 e. The Balaban J connectivity index is 1.70. The summed E-state index contributed by atoms with van der Waals surface area (Å²) in [5.41, 5.74) is 0.534. The van der Waals surface area contributed by atoms with Gasteiger partial charge in [0.1, 0.15) is 5.54 Å². The molecule has 0 aromatic carbocycles. The maximum absolute atomic E-state index is 12.8. The van der Waals surface area contributed by atoms with Crippen molar-refractivity contribution in [2.45, 2.75) is 31.7 Å². The van der Waals surface area contributed by atoms with Gasteiger partial charge in [-0.15, -0.1) is 0 Å². The first kappa shape index (κ1) is 15.0. The Kier molecular flexibility index (Phi) is 4.11. The number of hydrogen-bond donors (Lipinski definition) is 3. The summed E-state index contributed by atoms with van der Waals surface area (Å²) in [5.74, 6) is 0.534. The van der Waals surface area contributed by atoms with E-state index in [-0.39, 0.29) is 11.8 Å². The summed E-state index contributed by atoms with van der Waals surface area (Å²) in [6.07, 6.45) is 4.54. The Morgan fingerprint density at radius 3 is 2.82 bits per heavy atom. The molecule has 0 bridgehead atoms. The van der Waals surface area contributed by atoms with Crippen LogP contribution in [0.3, 0.4) is 0 Å². The van der Waals surface area contributed by atoms with Crippen LogP contribution in [-0.4, -0.2) is 42.0 Å². The van der Waals surface area contributed by atoms with E-state index in [2.05, 4.69) is 20.9 Å². The molecule has 1 saturated carbocycles. The van der Waals surface area contributed by atoms with Crippen molar-refractivity contribution in [2.75, 3.05) is 19.6 Å². The molecular formula is C16H22N4O2. The van der Waals surface area contributed by atoms with E-state index in [1.165, 1.54) is 12.8 Å². The number of aryl methyl sites for hydroxylation is 1. The van der Waals surface area contributed by atoms with Crippen molar-refractivity contribution in [3.8, 4) is 0 Å². The molecule has 2 heterocycles. The number of rotatable bonds is 5. The summed E-state index contributed by atoms with van der Waals surface area (Å²) in [6, 6.07) is 3.33. The predicted molar refractivity (Wildman–Crippen MR) is 82.8 cm³/mol. The number of hydrogen-bond acceptors (Lipinski definition) is 4. The number of amides is 2. The third-order valence-electron chi connectivity index (χ3n) is 4.36. The lowest BCUT2D eigenvalue weighted by Gasteiger charge is -2.28. The molecule has 1 atom stereocenters. The third-order valence-corrected chi connectivity index (χ3v) is 4.36. The molecule has 2 amide bonds. The van der Waals surface area contributed by atoms with Crippen LogP contribution in [-0.2, 0) is 0 Å². The van der Waals surface area contributed by atoms with Gasteiger partial charge in [-0.25, -0.2) is 4.79 Å². The molecule has 6 nitrogen and oxygen atoms in total. The van der Waals surface area contributed by atoms with Crippen LogP contribution < -0.4 is 16.0 Å². The molecule has 1 aromatic heterocycles. The van der Waals surface area contributed by atoms with Gasteiger partial charge in [0.2, 0.25) is 0 Å². The maximum atomic E-state index is 12.8. The first-order valence-electron chi connectivity index (χ1n) is 7.83. The zero-order chi connectivity index (χ0) is 15.6. The lowest BCUT2D eigenvalue weighted by Crippen LogP contribution is -2.58. The number of ketones is 1. The molecule has 1 saturated heterocycles. The second kappa shape index (κ2) is 6.04. The van der Waals surface area contributed by atoms with Gasteiger partial charge < -0.3 is 16.0 Å². The fourth-order valence-electron chi connectivity index (χ4n) is 2.75. The molecule has 2 fully saturated rings. The normalized spacial score (nSPS) is 24.0. The fraction of sp³-hybridized carbons (Fsp3) is 0.562. The number of nitrogens with one attached hydrogen (secondary N) is 3. The van der Waals surface area contributed by atoms with Gasteiger partial charge >= 0.3 is 6.03 Å². The van der Waals surface area contributed by atoms with Crippen molar-refractivity contribution in [1.82, 2.24) is 20.9 Å². The predicted octanol–water partition coefficient (Wildman–Crippen LogP) is 1.01. The van der Waals surface area contributed by atoms with Crippen LogP contribution in [0.25, 0.3) is 0 Å². The average molecular weight is 302 g/mol. The van der Waals surface area contributed by atoms with E-state index < -0.39 is 5.54 Å². The molecule has 118 valence electrons. The molecule has 3 rings (SSSR count). The highest BCUT2D eigenvalue weighted by molar-refractivity contribution is 6.05. The number of aromatic nitrogens is 1. The summed E-state index contributed by atoms with van der Waals surface area (Å²) >= 11 is 0. The Morgan fingerprint density at radius 2 is 2.23 bits per heavy atom. The molecule has 22 heavy (non-hydrogen) atoms. The van der Waals surface area contributed by atoms with Gasteiger partial charge in [0.05, 0.1) is 0 Å². The largest absolute Gasteiger partial charge is 0.338 e. The van der Waals surface area contributed by atoms with Crippen molar-refractivity contribution in [3.63, 3.8) is 0 Å². The highest BCUT2D eigenvalue weighted by Gasteiger charge is 2.43. The lowest BCUT2D eigenvalue weighted by molar-refractivity contribution is 0.0873. The highest BCUT2D eigenvalue weighted by Crippen LogP contribution is 2.27. The standard InChI is InChI=1S/C16H22N4O2/c1-11-2-5-13(9-18-11)14(21)16(6-7-17-10-16)20-15(22)19-8-12-3-4-12/h2,5,9,12,17H,3-4,6-8,10H2,1H3,(H2,19,20,22)/t16-/m1/s1. The van der Waals surface area contributed by atoms with Gasteiger partial charge in [0, 0.05) is 30.5 Å². The van der Waals surface area contributed by atoms with Crippen molar-refractivity contribution in [3.05, 3.63) is 29.6 Å². The van der Waals surface area contributed by atoms with Crippen LogP contribution in [0.15, 0.2) is 18.3 Å². The van der Waals surface area contributed by atoms with Crippen LogP contribution in [0, 0.1) is 12.8 Å². The molecule has 3 N–H and O–H groups in total. The van der Waals surface area contributed by atoms with Crippen LogP contribution in [0.4, 0.5) is 4.79 Å². The zero-order valence-corrected chi connectivity index (χ0v) is 12.8. The highest BCUT2D eigenvalue weighted by atomic mass is 16.2. The SMILES string of the molecule is Cc1ccc(C(=O)[C@@]2(NC(=O)NCC3CC3)CCNC2)cn1. The number of carbonyl (C=O) groups is 2. The number of urea groups is 1. The van der Waals surface area contributed by atoms with Crippen molar-refractivity contribution >= 4 is 11.8 Å². The second-order valence-corrected chi connectivity index (χ2v) is 6.30. The average Bonchev–Trinajstić information content (AvgIpc) is 3.23. The van der Waals surface area contributed by atoms with Gasteiger partial charge in [-0.3, -0.25) is 9.78 Å². The Hall–Kier alpha value is -1.95. The summed E-state index contributed by atoms with van der Waals surface area (Å²) in [6.45, 7) is 3.74. The summed E-state index contributed by atoms with van der Waals surface area (Å²) in [5, 5.41) is 8.94. The smallest absolute Gasteiger partial charge is 0.315 e. The van der Waals surface area contributed by atoms with E-state index in [0.717, 1.165) is 5.69 Å². The van der Waals surface area contributed by atoms with Crippen LogP contribution in [0.2, 0.25) is 0 Å². The molecule has 0 spiro atoms. The summed E-state index contributed by atoms with van der Waals surface area (Å²) in [7, 11) is 0. The van der Waals surface area contributed by atoms with Crippen LogP contribution in [0.1, 0.15) is 35.3 Å². The van der Waals surface area contributed by atoms with E-state index in [0.29, 0.717) is 37.5 Å². The molecule has 0 radical (unpaired) electrons. The Morgan fingerprint density at radius 1 is 1.41 bits per heavy atom. The second-order valence-electron chi connectivity index (χ2n) is 6.30. The topological polar surface area (TPSA) is 83.1 Å². The van der Waals surface area contributed by atoms with E-state index in [1.807, 2.05) is 13.0 Å². The minimum absolute atomic E-state index is 0.0772. The minimum atomic E-state index is -0.870. The summed E-state index contributed by atoms with van der Waals surface area (Å²) < 4.78 is 0. The van der Waals surface area contributed by atoms with E-state index >= 15 is 0 Å². The molecule has 0 unspecified atom stereocenters. The fourth-order valence-corrected chi connectivity index (χ4v) is 2.75. The summed E-state index contributed by atoms with van der Waals surface area (Å²) in [4.78, 5) is 29.1. The molecule has 1 aliphatic carbocycles. The third kappa shape index (κ3) is 3.27. The number of nitrogens with zero attached hydrogens (tertiary/aromatic N) is 1. The van der Waals surface area contributed by atoms with E-state index in [1.54, 1.807) is 12.3 Å². The van der Waals surface area contributed by atoms with Gasteiger partial charge in [-0.2, -0.15) is 0 Å². The van der Waals surface area contributed by atoms with Crippen molar-refractivity contribution in [1.29, 1.82) is 0 Å². The van der Waals surface area contributed by atoms with Gasteiger partial charge in [0.25, 0.3) is 0 Å². The van der Waals surface area contributed by atoms with E-state index in [4.69, 9.17) is 0 Å². The number of pyridine rings is 1. The minimum Gasteiger partial charge on any atom is -0.338 e. The van der Waals surface area contributed by atoms with E-state index in [9.17, 15) is 9.59 Å². The first-order chi connectivity index (χ1) is 10.6. The molecular weight excluding hydrogens is 280 g/mol. The van der Waals surface area contributed by atoms with Gasteiger partial charge in [-0.1, -0.05) is 0 Å². The molecule has 1 aromatic rings. The zero-order valence-electron chi connectivity index (χ0n) is 12.8. The lowest BCUT2D eigenvalue weighted by atomic mass is 9.89. The Bertz CT molecular complexity index is 560. The first-order valence-corrected chi connectivity index (χ1v) is 7.83. The molecule has 1 aliphatic heterocycles. The van der Waals surface area contributed by atoms with Crippen molar-refractivity contribution in [2.24, 2.45) is 5.92 Å². The van der Waals surface area contributed by atoms with Crippen LogP contribution >= 0.6 is 0 Å². The Labute approximate surface area is 130 Å². The van der Waals surface area contributed by atoms with Gasteiger partial charge in [0.15, 0.2) is 5.78 Å². The quantitative estimate of drug-likeness (QED) is 0.709. The van der Waals surface area contributed by atoms with Crippen LogP contribution in [0.5, 0.6) is 0 Å².